The van der Waals surface area contributed by atoms with E-state index in [1.807, 2.05) is 38.1 Å². The van der Waals surface area contributed by atoms with Crippen molar-refractivity contribution >= 4 is 23.4 Å². The topological polar surface area (TPSA) is 49.4 Å². The Bertz CT molecular complexity index is 488. The predicted octanol–water partition coefficient (Wildman–Crippen LogP) is 3.04. The average Bonchev–Trinajstić information content (AvgIpc) is 2.48. The maximum Gasteiger partial charge on any atom is 0.221 e. The Morgan fingerprint density at radius 3 is 2.41 bits per heavy atom. The Morgan fingerprint density at radius 1 is 1.23 bits per heavy atom. The van der Waals surface area contributed by atoms with E-state index in [4.69, 9.17) is 11.6 Å². The highest BCUT2D eigenvalue weighted by Gasteiger charge is 2.12. The molecule has 0 aliphatic heterocycles. The van der Waals surface area contributed by atoms with Crippen LogP contribution in [0.4, 0.5) is 0 Å². The zero-order valence-corrected chi connectivity index (χ0v) is 14.3. The lowest BCUT2D eigenvalue weighted by Gasteiger charge is -2.21. The van der Waals surface area contributed by atoms with Gasteiger partial charge in [-0.25, -0.2) is 0 Å². The van der Waals surface area contributed by atoms with Gasteiger partial charge in [-0.3, -0.25) is 9.59 Å². The molecule has 0 spiro atoms. The number of nitrogens with one attached hydrogen (secondary N) is 1. The summed E-state index contributed by atoms with van der Waals surface area (Å²) in [5.41, 5.74) is 1.12. The van der Waals surface area contributed by atoms with Gasteiger partial charge in [-0.15, -0.1) is 0 Å². The van der Waals surface area contributed by atoms with Crippen LogP contribution in [0.1, 0.15) is 39.2 Å². The molecular formula is C17H25ClN2O2. The maximum absolute atomic E-state index is 11.8. The second-order valence-electron chi connectivity index (χ2n) is 5.51. The summed E-state index contributed by atoms with van der Waals surface area (Å²) in [4.78, 5) is 25.2. The largest absolute Gasteiger partial charge is 0.354 e. The summed E-state index contributed by atoms with van der Waals surface area (Å²) in [6.07, 6.45) is 1.99. The van der Waals surface area contributed by atoms with Gasteiger partial charge in [0, 0.05) is 37.5 Å². The third kappa shape index (κ3) is 6.94. The van der Waals surface area contributed by atoms with Crippen LogP contribution in [0.3, 0.4) is 0 Å². The summed E-state index contributed by atoms with van der Waals surface area (Å²) in [7, 11) is 0. The minimum atomic E-state index is -0.00898. The van der Waals surface area contributed by atoms with E-state index in [-0.39, 0.29) is 17.9 Å². The van der Waals surface area contributed by atoms with Gasteiger partial charge in [0.05, 0.1) is 0 Å². The molecule has 1 aromatic rings. The quantitative estimate of drug-likeness (QED) is 0.799. The van der Waals surface area contributed by atoms with Gasteiger partial charge in [0.2, 0.25) is 11.8 Å². The monoisotopic (exact) mass is 324 g/mol. The Kier molecular flexibility index (Phi) is 7.96. The van der Waals surface area contributed by atoms with Gasteiger partial charge in [0.25, 0.3) is 0 Å². The van der Waals surface area contributed by atoms with Crippen LogP contribution >= 0.6 is 11.6 Å². The van der Waals surface area contributed by atoms with Crippen LogP contribution in [0.25, 0.3) is 0 Å². The van der Waals surface area contributed by atoms with Crippen molar-refractivity contribution in [2.45, 2.75) is 46.1 Å². The van der Waals surface area contributed by atoms with Gasteiger partial charge in [-0.05, 0) is 37.5 Å². The molecule has 0 bridgehead atoms. The standard InChI is InChI=1S/C17H25ClN2O2/c1-4-13(2)19-17(22)10-12-20(14(3)21)11-9-15-5-7-16(18)8-6-15/h5-8,13H,4,9-12H2,1-3H3,(H,19,22). The van der Waals surface area contributed by atoms with Crippen LogP contribution in [-0.2, 0) is 16.0 Å². The van der Waals surface area contributed by atoms with Gasteiger partial charge in [-0.2, -0.15) is 0 Å². The summed E-state index contributed by atoms with van der Waals surface area (Å²) >= 11 is 5.85. The van der Waals surface area contributed by atoms with Gasteiger partial charge in [0.1, 0.15) is 0 Å². The fourth-order valence-corrected chi connectivity index (χ4v) is 2.15. The highest BCUT2D eigenvalue weighted by Crippen LogP contribution is 2.10. The molecule has 0 saturated carbocycles. The summed E-state index contributed by atoms with van der Waals surface area (Å²) in [6, 6.07) is 7.77. The van der Waals surface area contributed by atoms with Crippen molar-refractivity contribution in [3.63, 3.8) is 0 Å². The van der Waals surface area contributed by atoms with Crippen LogP contribution < -0.4 is 5.32 Å². The first kappa shape index (κ1) is 18.5. The first-order chi connectivity index (χ1) is 10.4. The molecule has 22 heavy (non-hydrogen) atoms. The minimum Gasteiger partial charge on any atom is -0.354 e. The molecule has 0 radical (unpaired) electrons. The van der Waals surface area contributed by atoms with Crippen molar-refractivity contribution in [1.82, 2.24) is 10.2 Å². The van der Waals surface area contributed by atoms with E-state index in [1.165, 1.54) is 6.92 Å². The van der Waals surface area contributed by atoms with E-state index < -0.39 is 0 Å². The molecule has 122 valence electrons. The highest BCUT2D eigenvalue weighted by molar-refractivity contribution is 6.30. The van der Waals surface area contributed by atoms with Crippen LogP contribution in [0.2, 0.25) is 5.02 Å². The highest BCUT2D eigenvalue weighted by atomic mass is 35.5. The molecule has 1 aromatic carbocycles. The number of hydrogen-bond donors (Lipinski definition) is 1. The number of rotatable bonds is 8. The molecule has 0 aliphatic carbocycles. The third-order valence-electron chi connectivity index (χ3n) is 3.66. The van der Waals surface area contributed by atoms with Gasteiger partial charge < -0.3 is 10.2 Å². The predicted molar refractivity (Wildman–Crippen MR) is 89.9 cm³/mol. The fraction of sp³-hybridized carbons (Fsp3) is 0.529. The van der Waals surface area contributed by atoms with Gasteiger partial charge in [0.15, 0.2) is 0 Å². The number of hydrogen-bond acceptors (Lipinski definition) is 2. The van der Waals surface area contributed by atoms with E-state index in [0.717, 1.165) is 18.4 Å². The summed E-state index contributed by atoms with van der Waals surface area (Å²) in [5.74, 6) is -0.0163. The zero-order chi connectivity index (χ0) is 16.5. The first-order valence-corrected chi connectivity index (χ1v) is 8.09. The minimum absolute atomic E-state index is 0.00732. The molecule has 1 N–H and O–H groups in total. The summed E-state index contributed by atoms with van der Waals surface area (Å²) < 4.78 is 0. The van der Waals surface area contributed by atoms with Crippen LogP contribution in [0, 0.1) is 0 Å². The lowest BCUT2D eigenvalue weighted by Crippen LogP contribution is -2.37. The molecule has 0 aromatic heterocycles. The maximum atomic E-state index is 11.8. The van der Waals surface area contributed by atoms with Crippen molar-refractivity contribution in [2.75, 3.05) is 13.1 Å². The van der Waals surface area contributed by atoms with Crippen molar-refractivity contribution in [3.05, 3.63) is 34.9 Å². The van der Waals surface area contributed by atoms with E-state index in [0.29, 0.717) is 24.5 Å². The van der Waals surface area contributed by atoms with Gasteiger partial charge >= 0.3 is 0 Å². The van der Waals surface area contributed by atoms with Crippen LogP contribution in [-0.4, -0.2) is 35.8 Å². The van der Waals surface area contributed by atoms with Crippen molar-refractivity contribution in [3.8, 4) is 0 Å². The van der Waals surface area contributed by atoms with Gasteiger partial charge in [-0.1, -0.05) is 30.7 Å². The van der Waals surface area contributed by atoms with Crippen LogP contribution in [0.5, 0.6) is 0 Å². The van der Waals surface area contributed by atoms with Crippen molar-refractivity contribution < 1.29 is 9.59 Å². The molecular weight excluding hydrogens is 300 g/mol. The summed E-state index contributed by atoms with van der Waals surface area (Å²) in [6.45, 7) is 6.59. The summed E-state index contributed by atoms with van der Waals surface area (Å²) in [5, 5.41) is 3.61. The molecule has 1 unspecified atom stereocenters. The van der Waals surface area contributed by atoms with Crippen LogP contribution in [0.15, 0.2) is 24.3 Å². The second-order valence-corrected chi connectivity index (χ2v) is 5.95. The molecule has 1 atom stereocenters. The average molecular weight is 325 g/mol. The molecule has 0 heterocycles. The number of amides is 2. The lowest BCUT2D eigenvalue weighted by atomic mass is 10.1. The molecule has 1 rings (SSSR count). The number of nitrogens with zero attached hydrogens (tertiary/aromatic N) is 1. The number of halogens is 1. The zero-order valence-electron chi connectivity index (χ0n) is 13.6. The molecule has 5 heteroatoms. The van der Waals surface area contributed by atoms with Crippen molar-refractivity contribution in [1.29, 1.82) is 0 Å². The Labute approximate surface area is 137 Å². The second kappa shape index (κ2) is 9.46. The molecule has 2 amide bonds. The lowest BCUT2D eigenvalue weighted by molar-refractivity contribution is -0.129. The van der Waals surface area contributed by atoms with E-state index in [1.54, 1.807) is 4.90 Å². The SMILES string of the molecule is CCC(C)NC(=O)CCN(CCc1ccc(Cl)cc1)C(C)=O. The molecule has 4 nitrogen and oxygen atoms in total. The fourth-order valence-electron chi connectivity index (χ4n) is 2.03. The Hall–Kier alpha value is -1.55. The molecule has 0 saturated heterocycles. The molecule has 0 fully saturated rings. The van der Waals surface area contributed by atoms with E-state index in [2.05, 4.69) is 5.32 Å². The third-order valence-corrected chi connectivity index (χ3v) is 3.91. The van der Waals surface area contributed by atoms with Crippen molar-refractivity contribution in [2.24, 2.45) is 0 Å². The smallest absolute Gasteiger partial charge is 0.221 e. The first-order valence-electron chi connectivity index (χ1n) is 7.71. The Morgan fingerprint density at radius 2 is 1.86 bits per heavy atom. The number of benzene rings is 1. The molecule has 0 aliphatic rings. The number of carbonyl (C=O) groups is 2. The van der Waals surface area contributed by atoms with E-state index >= 15 is 0 Å². The number of carbonyl (C=O) groups excluding carboxylic acids is 2. The normalized spacial score (nSPS) is 11.8. The van der Waals surface area contributed by atoms with E-state index in [9.17, 15) is 9.59 Å². The Balaban J connectivity index is 2.43.